The molecule has 128 valence electrons. The van der Waals surface area contributed by atoms with E-state index in [9.17, 15) is 16.8 Å². The van der Waals surface area contributed by atoms with Crippen LogP contribution in [0.15, 0.2) is 16.3 Å². The van der Waals surface area contributed by atoms with Crippen molar-refractivity contribution in [2.24, 2.45) is 5.92 Å². The Kier molecular flexibility index (Phi) is 7.24. The largest absolute Gasteiger partial charge is 0.397 e. The average molecular weight is 392 g/mol. The van der Waals surface area contributed by atoms with Gasteiger partial charge in [-0.15, -0.1) is 11.3 Å². The number of hydrogen-bond donors (Lipinski definition) is 2. The van der Waals surface area contributed by atoms with Crippen LogP contribution in [0.1, 0.15) is 26.7 Å². The Morgan fingerprint density at radius 1 is 1.27 bits per heavy atom. The molecule has 0 amide bonds. The van der Waals surface area contributed by atoms with E-state index >= 15 is 0 Å². The molecular weight excluding hydrogens is 374 g/mol. The third-order valence-electron chi connectivity index (χ3n) is 3.13. The summed E-state index contributed by atoms with van der Waals surface area (Å²) < 4.78 is 61.8. The molecule has 0 aromatic carbocycles. The van der Waals surface area contributed by atoms with Gasteiger partial charge in [0.15, 0.2) is 0 Å². The van der Waals surface area contributed by atoms with Gasteiger partial charge < -0.3 is 0 Å². The van der Waals surface area contributed by atoms with Crippen molar-refractivity contribution in [3.8, 4) is 0 Å². The molecule has 22 heavy (non-hydrogen) atoms. The Morgan fingerprint density at radius 3 is 2.27 bits per heavy atom. The minimum atomic E-state index is -4.64. The first-order chi connectivity index (χ1) is 10.1. The summed E-state index contributed by atoms with van der Waals surface area (Å²) >= 11 is 6.62. The smallest absolute Gasteiger partial charge is 0.264 e. The van der Waals surface area contributed by atoms with Gasteiger partial charge in [0.05, 0.1) is 10.9 Å². The summed E-state index contributed by atoms with van der Waals surface area (Å²) in [6.07, 6.45) is 1.23. The van der Waals surface area contributed by atoms with Crippen LogP contribution in [0.5, 0.6) is 0 Å². The van der Waals surface area contributed by atoms with Crippen LogP contribution in [-0.4, -0.2) is 34.0 Å². The fraction of sp³-hybridized carbons (Fsp3) is 0.636. The van der Waals surface area contributed by atoms with Crippen LogP contribution >= 0.6 is 22.9 Å². The lowest BCUT2D eigenvalue weighted by atomic mass is 9.96. The summed E-state index contributed by atoms with van der Waals surface area (Å²) in [7, 11) is -8.48. The van der Waals surface area contributed by atoms with E-state index in [1.807, 2.05) is 13.8 Å². The zero-order valence-corrected chi connectivity index (χ0v) is 15.2. The minimum Gasteiger partial charge on any atom is -0.264 e. The average Bonchev–Trinajstić information content (AvgIpc) is 2.83. The molecule has 2 N–H and O–H groups in total. The van der Waals surface area contributed by atoms with Gasteiger partial charge in [0, 0.05) is 6.04 Å². The van der Waals surface area contributed by atoms with E-state index in [1.54, 1.807) is 0 Å². The Bertz CT molecular complexity index is 680. The predicted octanol–water partition coefficient (Wildman–Crippen LogP) is 2.30. The molecule has 1 aromatic heterocycles. The summed E-state index contributed by atoms with van der Waals surface area (Å²) in [6.45, 7) is 3.22. The van der Waals surface area contributed by atoms with E-state index in [4.69, 9.17) is 16.2 Å². The number of hydrogen-bond acceptors (Lipinski definition) is 6. The lowest BCUT2D eigenvalue weighted by Gasteiger charge is -2.25. The van der Waals surface area contributed by atoms with Crippen molar-refractivity contribution >= 4 is 43.4 Å². The highest BCUT2D eigenvalue weighted by molar-refractivity contribution is 7.91. The summed E-state index contributed by atoms with van der Waals surface area (Å²) in [5.41, 5.74) is 0. The first-order valence-corrected chi connectivity index (χ1v) is 10.5. The number of halogens is 1. The van der Waals surface area contributed by atoms with Gasteiger partial charge in [0.1, 0.15) is 4.21 Å². The maximum absolute atomic E-state index is 12.3. The highest BCUT2D eigenvalue weighted by atomic mass is 35.5. The molecule has 0 saturated carbocycles. The summed E-state index contributed by atoms with van der Waals surface area (Å²) in [6, 6.07) is 2.03. The lowest BCUT2D eigenvalue weighted by molar-refractivity contribution is 0.208. The van der Waals surface area contributed by atoms with Crippen LogP contribution in [-0.2, 0) is 24.6 Å². The molecule has 0 radical (unpaired) electrons. The van der Waals surface area contributed by atoms with E-state index < -0.39 is 33.1 Å². The van der Waals surface area contributed by atoms with Gasteiger partial charge in [0.25, 0.3) is 0 Å². The fourth-order valence-corrected chi connectivity index (χ4v) is 5.09. The quantitative estimate of drug-likeness (QED) is 0.625. The van der Waals surface area contributed by atoms with Crippen LogP contribution in [0.4, 0.5) is 0 Å². The second-order valence-electron chi connectivity index (χ2n) is 4.58. The maximum atomic E-state index is 12.3. The second kappa shape index (κ2) is 8.04. The molecule has 7 nitrogen and oxygen atoms in total. The molecule has 1 rings (SSSR count). The van der Waals surface area contributed by atoms with Crippen LogP contribution in [0.2, 0.25) is 4.34 Å². The van der Waals surface area contributed by atoms with Crippen molar-refractivity contribution < 1.29 is 25.6 Å². The molecule has 11 heteroatoms. The standard InChI is InChI=1S/C11H18ClNO6S3/c1-3-8(4-2)9(7-19-22(16,17)18)13-21(14,15)11-6-5-10(12)20-11/h5-6,8-9,13H,3-4,7H2,1-2H3,(H,16,17,18). The summed E-state index contributed by atoms with van der Waals surface area (Å²) in [5, 5.41) is 0. The second-order valence-corrected chi connectivity index (χ2v) is 9.32. The zero-order chi connectivity index (χ0) is 17.0. The monoisotopic (exact) mass is 391 g/mol. The van der Waals surface area contributed by atoms with Crippen molar-refractivity contribution in [1.82, 2.24) is 4.72 Å². The Balaban J connectivity index is 2.96. The first-order valence-electron chi connectivity index (χ1n) is 6.48. The molecule has 0 saturated heterocycles. The molecule has 1 aromatic rings. The van der Waals surface area contributed by atoms with Gasteiger partial charge in [-0.3, -0.25) is 4.55 Å². The van der Waals surface area contributed by atoms with Crippen molar-refractivity contribution in [2.75, 3.05) is 6.61 Å². The van der Waals surface area contributed by atoms with Crippen molar-refractivity contribution in [1.29, 1.82) is 0 Å². The Hall–Kier alpha value is -0.230. The number of rotatable bonds is 9. The maximum Gasteiger partial charge on any atom is 0.397 e. The van der Waals surface area contributed by atoms with Crippen LogP contribution in [0.25, 0.3) is 0 Å². The zero-order valence-electron chi connectivity index (χ0n) is 12.0. The summed E-state index contributed by atoms with van der Waals surface area (Å²) in [4.78, 5) is 0. The molecule has 0 fully saturated rings. The third-order valence-corrected chi connectivity index (χ3v) is 6.78. The van der Waals surface area contributed by atoms with E-state index in [0.29, 0.717) is 17.2 Å². The van der Waals surface area contributed by atoms with Crippen molar-refractivity contribution in [3.63, 3.8) is 0 Å². The van der Waals surface area contributed by atoms with Crippen molar-refractivity contribution in [2.45, 2.75) is 36.9 Å². The normalized spacial score (nSPS) is 14.4. The first kappa shape index (κ1) is 19.8. The fourth-order valence-electron chi connectivity index (χ4n) is 1.98. The van der Waals surface area contributed by atoms with E-state index in [-0.39, 0.29) is 10.1 Å². The molecule has 0 spiro atoms. The van der Waals surface area contributed by atoms with Crippen LogP contribution in [0, 0.1) is 5.92 Å². The Morgan fingerprint density at radius 2 is 1.86 bits per heavy atom. The van der Waals surface area contributed by atoms with Gasteiger partial charge in [-0.05, 0) is 18.1 Å². The van der Waals surface area contributed by atoms with Gasteiger partial charge in [-0.2, -0.15) is 8.42 Å². The topological polar surface area (TPSA) is 110 Å². The van der Waals surface area contributed by atoms with Gasteiger partial charge in [-0.1, -0.05) is 38.3 Å². The molecule has 0 aliphatic heterocycles. The molecule has 0 aliphatic rings. The van der Waals surface area contributed by atoms with Gasteiger partial charge in [0.2, 0.25) is 10.0 Å². The van der Waals surface area contributed by atoms with Gasteiger partial charge >= 0.3 is 10.4 Å². The van der Waals surface area contributed by atoms with Crippen LogP contribution < -0.4 is 4.72 Å². The Labute approximate surface area is 139 Å². The van der Waals surface area contributed by atoms with E-state index in [2.05, 4.69) is 8.91 Å². The lowest BCUT2D eigenvalue weighted by Crippen LogP contribution is -2.43. The molecule has 0 aliphatic carbocycles. The molecule has 1 heterocycles. The van der Waals surface area contributed by atoms with E-state index in [0.717, 1.165) is 11.3 Å². The highest BCUT2D eigenvalue weighted by Crippen LogP contribution is 2.26. The predicted molar refractivity (Wildman–Crippen MR) is 85.0 cm³/mol. The van der Waals surface area contributed by atoms with Crippen LogP contribution in [0.3, 0.4) is 0 Å². The number of nitrogens with one attached hydrogen (secondary N) is 1. The molecule has 1 unspecified atom stereocenters. The molecule has 1 atom stereocenters. The minimum absolute atomic E-state index is 0.0281. The third kappa shape index (κ3) is 6.11. The number of thiophene rings is 1. The SMILES string of the molecule is CCC(CC)C(COS(=O)(=O)O)NS(=O)(=O)c1ccc(Cl)s1. The molecular formula is C11H18ClNO6S3. The van der Waals surface area contributed by atoms with Gasteiger partial charge in [-0.25, -0.2) is 17.3 Å². The number of sulfonamides is 1. The van der Waals surface area contributed by atoms with Crippen molar-refractivity contribution in [3.05, 3.63) is 16.5 Å². The van der Waals surface area contributed by atoms with E-state index in [1.165, 1.54) is 12.1 Å². The summed E-state index contributed by atoms with van der Waals surface area (Å²) in [5.74, 6) is -0.146. The highest BCUT2D eigenvalue weighted by Gasteiger charge is 2.28. The molecule has 0 bridgehead atoms.